The van der Waals surface area contributed by atoms with Gasteiger partial charge in [0, 0.05) is 63.8 Å². The van der Waals surface area contributed by atoms with E-state index in [0.717, 1.165) is 17.7 Å². The molecule has 0 spiro atoms. The molecule has 8 heterocycles. The largest absolute Gasteiger partial charge is 0.486 e. The van der Waals surface area contributed by atoms with Crippen LogP contribution in [-0.2, 0) is 14.1 Å². The number of rotatable bonds is 8. The van der Waals surface area contributed by atoms with E-state index in [2.05, 4.69) is 45.4 Å². The Bertz CT molecular complexity index is 3200. The van der Waals surface area contributed by atoms with E-state index >= 15 is 0 Å². The van der Waals surface area contributed by atoms with Crippen LogP contribution in [0.25, 0.3) is 22.3 Å². The number of nitrogens with zero attached hydrogens (tertiary/aromatic N) is 12. The topological polar surface area (TPSA) is 194 Å². The second kappa shape index (κ2) is 20.7. The molecule has 0 fully saturated rings. The van der Waals surface area contributed by atoms with Gasteiger partial charge in [-0.1, -0.05) is 0 Å². The fraction of sp³-hybridized carbons (Fsp3) is 0.217. The zero-order chi connectivity index (χ0) is 50.7. The molecule has 0 radical (unpaired) electrons. The minimum atomic E-state index is -0.686. The molecular formula is C46H41ClF6N14O4. The molecule has 6 aromatic heterocycles. The Kier molecular flexibility index (Phi) is 14.3. The van der Waals surface area contributed by atoms with Crippen LogP contribution >= 0.6 is 11.6 Å². The Morgan fingerprint density at radius 3 is 1.55 bits per heavy atom. The van der Waals surface area contributed by atoms with E-state index in [0.29, 0.717) is 51.0 Å². The van der Waals surface area contributed by atoms with Crippen LogP contribution in [0.5, 0.6) is 23.3 Å². The number of hydrogen-bond acceptors (Lipinski definition) is 16. The second-order valence-electron chi connectivity index (χ2n) is 15.7. The summed E-state index contributed by atoms with van der Waals surface area (Å²) in [5, 5.41) is 10.9. The third kappa shape index (κ3) is 10.9. The summed E-state index contributed by atoms with van der Waals surface area (Å²) in [4.78, 5) is 28.0. The lowest BCUT2D eigenvalue weighted by Crippen LogP contribution is -2.34. The number of hydrogen-bond donors (Lipinski definition) is 2. The summed E-state index contributed by atoms with van der Waals surface area (Å²) < 4.78 is 107. The highest BCUT2D eigenvalue weighted by atomic mass is 35.5. The van der Waals surface area contributed by atoms with Crippen LogP contribution in [0.15, 0.2) is 85.7 Å². The molecule has 3 N–H and O–H groups in total. The number of benzene rings is 2. The van der Waals surface area contributed by atoms with Gasteiger partial charge in [0.2, 0.25) is 23.0 Å². The number of nitrogens with one attached hydrogen (secondary N) is 1. The Morgan fingerprint density at radius 2 is 1.07 bits per heavy atom. The maximum absolute atomic E-state index is 14.9. The summed E-state index contributed by atoms with van der Waals surface area (Å²) in [5.74, 6) is -1.91. The highest BCUT2D eigenvalue weighted by molar-refractivity contribution is 6.28. The smallest absolute Gasteiger partial charge is 0.230 e. The lowest BCUT2D eigenvalue weighted by Gasteiger charge is -2.35. The molecular weight excluding hydrogens is 962 g/mol. The highest BCUT2D eigenvalue weighted by Crippen LogP contribution is 2.40. The number of likely N-dealkylation sites (N-methyl/N-ethyl adjacent to an activating group) is 2. The van der Waals surface area contributed by atoms with E-state index in [1.807, 2.05) is 0 Å². The van der Waals surface area contributed by atoms with Crippen LogP contribution < -0.4 is 39.8 Å². The molecule has 2 atom stereocenters. The van der Waals surface area contributed by atoms with Gasteiger partial charge in [-0.15, -0.1) is 0 Å². The van der Waals surface area contributed by atoms with Crippen molar-refractivity contribution in [3.05, 3.63) is 137 Å². The summed E-state index contributed by atoms with van der Waals surface area (Å²) in [6.07, 6.45) is 9.56. The number of methoxy groups -OCH3 is 2. The third-order valence-electron chi connectivity index (χ3n) is 10.9. The van der Waals surface area contributed by atoms with Crippen molar-refractivity contribution in [2.45, 2.75) is 12.1 Å². The lowest BCUT2D eigenvalue weighted by atomic mass is 10.0. The van der Waals surface area contributed by atoms with Crippen molar-refractivity contribution in [3.63, 3.8) is 0 Å². The molecule has 8 aromatic rings. The third-order valence-corrected chi connectivity index (χ3v) is 11.1. The van der Waals surface area contributed by atoms with E-state index in [4.69, 9.17) is 36.3 Å². The van der Waals surface area contributed by atoms with Gasteiger partial charge in [0.1, 0.15) is 36.5 Å². The van der Waals surface area contributed by atoms with Gasteiger partial charge in [0.25, 0.3) is 0 Å². The first kappa shape index (κ1) is 49.0. The first-order valence-electron chi connectivity index (χ1n) is 21.0. The van der Waals surface area contributed by atoms with Crippen LogP contribution in [0.4, 0.5) is 55.6 Å². The van der Waals surface area contributed by atoms with Gasteiger partial charge in [0.05, 0.1) is 62.2 Å². The van der Waals surface area contributed by atoms with Gasteiger partial charge in [-0.3, -0.25) is 9.36 Å². The normalized spacial score (nSPS) is 14.7. The lowest BCUT2D eigenvalue weighted by molar-refractivity contribution is 0.264. The number of nitrogen functional groups attached to an aromatic ring is 1. The number of pyridine rings is 2. The van der Waals surface area contributed by atoms with Gasteiger partial charge in [-0.05, 0) is 59.1 Å². The molecule has 18 nitrogen and oxygen atoms in total. The van der Waals surface area contributed by atoms with Crippen molar-refractivity contribution in [2.24, 2.45) is 14.1 Å². The van der Waals surface area contributed by atoms with Crippen molar-refractivity contribution in [1.82, 2.24) is 49.5 Å². The molecule has 0 aliphatic carbocycles. The van der Waals surface area contributed by atoms with E-state index < -0.39 is 40.9 Å². The molecule has 2 aliphatic rings. The van der Waals surface area contributed by atoms with Gasteiger partial charge in [-0.25, -0.2) is 36.3 Å². The van der Waals surface area contributed by atoms with Crippen LogP contribution in [0.1, 0.15) is 23.2 Å². The molecule has 71 heavy (non-hydrogen) atoms. The van der Waals surface area contributed by atoms with Crippen LogP contribution in [0.2, 0.25) is 5.28 Å². The van der Waals surface area contributed by atoms with Crippen LogP contribution in [0, 0.1) is 34.9 Å². The van der Waals surface area contributed by atoms with Crippen molar-refractivity contribution >= 4 is 40.8 Å². The van der Waals surface area contributed by atoms with Crippen molar-refractivity contribution in [3.8, 4) is 45.5 Å². The second-order valence-corrected chi connectivity index (χ2v) is 16.0. The molecule has 2 unspecified atom stereocenters. The molecule has 0 saturated heterocycles. The van der Waals surface area contributed by atoms with Gasteiger partial charge >= 0.3 is 0 Å². The first-order chi connectivity index (χ1) is 34.0. The number of aryl methyl sites for hydroxylation is 2. The van der Waals surface area contributed by atoms with E-state index in [-0.39, 0.29) is 53.9 Å². The minimum absolute atomic E-state index is 0.0489. The number of aromatic nitrogens is 10. The quantitative estimate of drug-likeness (QED) is 0.109. The van der Waals surface area contributed by atoms with Crippen molar-refractivity contribution in [1.29, 1.82) is 0 Å². The minimum Gasteiger partial charge on any atom is -0.486 e. The highest BCUT2D eigenvalue weighted by Gasteiger charge is 2.31. The average molecular weight is 1000 g/mol. The Labute approximate surface area is 405 Å². The summed E-state index contributed by atoms with van der Waals surface area (Å²) in [6.45, 7) is 0.392. The Balaban J connectivity index is 0.000000158. The fourth-order valence-electron chi connectivity index (χ4n) is 7.50. The number of anilines is 5. The predicted octanol–water partition coefficient (Wildman–Crippen LogP) is 8.20. The summed E-state index contributed by atoms with van der Waals surface area (Å²) in [7, 11) is 9.89. The van der Waals surface area contributed by atoms with Crippen LogP contribution in [-0.4, -0.2) is 91.0 Å². The molecule has 25 heteroatoms. The summed E-state index contributed by atoms with van der Waals surface area (Å²) >= 11 is 5.76. The number of fused-ring (bicyclic) bond motifs is 2. The zero-order valence-corrected chi connectivity index (χ0v) is 39.1. The monoisotopic (exact) mass is 1000 g/mol. The van der Waals surface area contributed by atoms with Gasteiger partial charge in [0.15, 0.2) is 46.4 Å². The first-order valence-corrected chi connectivity index (χ1v) is 21.4. The summed E-state index contributed by atoms with van der Waals surface area (Å²) in [6, 6.07) is 8.42. The summed E-state index contributed by atoms with van der Waals surface area (Å²) in [5.41, 5.74) is 8.57. The van der Waals surface area contributed by atoms with Gasteiger partial charge < -0.3 is 39.8 Å². The predicted molar refractivity (Wildman–Crippen MR) is 249 cm³/mol. The Morgan fingerprint density at radius 1 is 0.606 bits per heavy atom. The molecule has 2 aromatic carbocycles. The number of nitrogens with two attached hydrogens (primary N) is 1. The zero-order valence-electron chi connectivity index (χ0n) is 38.4. The maximum atomic E-state index is 14.9. The molecule has 2 aliphatic heterocycles. The average Bonchev–Trinajstić information content (AvgIpc) is 3.98. The molecule has 368 valence electrons. The molecule has 0 amide bonds. The fourth-order valence-corrected chi connectivity index (χ4v) is 7.63. The van der Waals surface area contributed by atoms with E-state index in [1.165, 1.54) is 63.0 Å². The molecule has 10 rings (SSSR count). The number of ether oxygens (including phenoxy) is 4. The standard InChI is InChI=1S/C23H20F3N7O2.C13H10ClF2N3O.C10H11FN4O/c1-32-10-13(8-28-32)16-7-17(26)20(29-22(16)34-3)30-23-27-9-19-21(31-23)33(2)18(11-35-19)12-4-14(24)6-15(25)5-12;1-19-10(7-2-8(15)4-9(16)3-7)6-20-11-5-17-13(14)18-12(11)19;1-15-5-6(4-13-15)7-3-8(11)9(12)14-10(7)16-2/h4-10,18H,11H2,1-3H3,(H,27,29,30,31);2-5,10H,6H2,1H3;3-5H,1-2H3,(H2,12,14). The Hall–Kier alpha value is -8.41. The number of halogens is 7. The van der Waals surface area contributed by atoms with E-state index in [9.17, 15) is 26.3 Å². The van der Waals surface area contributed by atoms with E-state index in [1.54, 1.807) is 72.1 Å². The van der Waals surface area contributed by atoms with Crippen LogP contribution in [0.3, 0.4) is 0 Å². The molecule has 0 saturated carbocycles. The van der Waals surface area contributed by atoms with Crippen molar-refractivity contribution in [2.75, 3.05) is 62.4 Å². The van der Waals surface area contributed by atoms with Gasteiger partial charge in [-0.2, -0.15) is 30.1 Å². The molecule has 0 bridgehead atoms. The van der Waals surface area contributed by atoms with Crippen molar-refractivity contribution < 1.29 is 45.3 Å². The maximum Gasteiger partial charge on any atom is 0.230 e. The SMILES string of the molecule is CN1c2nc(Cl)ncc2OCC1c1cc(F)cc(F)c1.COc1nc(N)c(F)cc1-c1cnn(C)c1.COc1nc(Nc2ncc3c(n2)N(C)C(c2cc(F)cc(F)c2)CO3)c(F)cc1-c1cnn(C)c1.